The van der Waals surface area contributed by atoms with E-state index in [0.29, 0.717) is 17.3 Å². The van der Waals surface area contributed by atoms with E-state index < -0.39 is 5.97 Å². The van der Waals surface area contributed by atoms with Gasteiger partial charge in [-0.2, -0.15) is 5.10 Å². The van der Waals surface area contributed by atoms with Crippen LogP contribution in [0.2, 0.25) is 0 Å². The summed E-state index contributed by atoms with van der Waals surface area (Å²) >= 11 is 0. The lowest BCUT2D eigenvalue weighted by atomic mass is 10.2. The molecule has 5 nitrogen and oxygen atoms in total. The molecule has 0 spiro atoms. The van der Waals surface area contributed by atoms with Crippen LogP contribution in [0.3, 0.4) is 0 Å². The zero-order valence-corrected chi connectivity index (χ0v) is 11.3. The minimum Gasteiger partial charge on any atom is -0.422 e. The molecule has 0 radical (unpaired) electrons. The fourth-order valence-corrected chi connectivity index (χ4v) is 1.80. The van der Waals surface area contributed by atoms with Crippen molar-refractivity contribution < 1.29 is 9.53 Å². The summed E-state index contributed by atoms with van der Waals surface area (Å²) in [6.07, 6.45) is 0. The van der Waals surface area contributed by atoms with Gasteiger partial charge in [-0.15, -0.1) is 0 Å². The van der Waals surface area contributed by atoms with Crippen LogP contribution in [0.4, 0.5) is 5.82 Å². The third-order valence-corrected chi connectivity index (χ3v) is 2.65. The first-order valence-corrected chi connectivity index (χ1v) is 6.11. The van der Waals surface area contributed by atoms with Crippen molar-refractivity contribution in [2.24, 2.45) is 0 Å². The number of hydrogen-bond donors (Lipinski definition) is 1. The Labute approximate surface area is 112 Å². The predicted octanol–water partition coefficient (Wildman–Crippen LogP) is 2.57. The van der Waals surface area contributed by atoms with Gasteiger partial charge in [0.25, 0.3) is 0 Å². The number of rotatable bonds is 3. The van der Waals surface area contributed by atoms with E-state index >= 15 is 0 Å². The fraction of sp³-hybridized carbons (Fsp3) is 0.286. The van der Waals surface area contributed by atoms with Gasteiger partial charge in [-0.1, -0.05) is 12.1 Å². The second-order valence-electron chi connectivity index (χ2n) is 4.70. The summed E-state index contributed by atoms with van der Waals surface area (Å²) in [5.74, 6) is 0.369. The standard InChI is InChI=1S/C14H17N3O2/c1-9(2)17-12(8-13(15)16-17)14(18)19-11-6-4-5-10(3)7-11/h4-9H,1-3H3,(H2,15,16). The summed E-state index contributed by atoms with van der Waals surface area (Å²) in [6.45, 7) is 5.79. The number of anilines is 1. The lowest BCUT2D eigenvalue weighted by Crippen LogP contribution is -2.17. The van der Waals surface area contributed by atoms with E-state index in [2.05, 4.69) is 5.10 Å². The minimum absolute atomic E-state index is 0.0392. The first-order valence-electron chi connectivity index (χ1n) is 6.11. The first-order chi connectivity index (χ1) is 8.97. The number of nitrogens with zero attached hydrogens (tertiary/aromatic N) is 2. The van der Waals surface area contributed by atoms with E-state index in [9.17, 15) is 4.79 Å². The number of nitrogens with two attached hydrogens (primary N) is 1. The molecular weight excluding hydrogens is 242 g/mol. The Kier molecular flexibility index (Phi) is 3.55. The summed E-state index contributed by atoms with van der Waals surface area (Å²) in [7, 11) is 0. The maximum absolute atomic E-state index is 12.1. The zero-order chi connectivity index (χ0) is 14.0. The Balaban J connectivity index is 2.25. The van der Waals surface area contributed by atoms with Crippen LogP contribution < -0.4 is 10.5 Å². The van der Waals surface area contributed by atoms with Crippen LogP contribution in [-0.2, 0) is 0 Å². The predicted molar refractivity (Wildman–Crippen MR) is 73.2 cm³/mol. The third-order valence-electron chi connectivity index (χ3n) is 2.65. The average Bonchev–Trinajstić information content (AvgIpc) is 2.71. The Bertz CT molecular complexity index is 602. The molecule has 19 heavy (non-hydrogen) atoms. The zero-order valence-electron chi connectivity index (χ0n) is 11.3. The summed E-state index contributed by atoms with van der Waals surface area (Å²) < 4.78 is 6.89. The quantitative estimate of drug-likeness (QED) is 0.679. The van der Waals surface area contributed by atoms with E-state index in [-0.39, 0.29) is 6.04 Å². The molecule has 0 aliphatic carbocycles. The van der Waals surface area contributed by atoms with Crippen molar-refractivity contribution in [3.05, 3.63) is 41.6 Å². The fourth-order valence-electron chi connectivity index (χ4n) is 1.80. The van der Waals surface area contributed by atoms with Gasteiger partial charge in [0, 0.05) is 12.1 Å². The molecule has 0 saturated carbocycles. The number of esters is 1. The number of aryl methyl sites for hydroxylation is 1. The summed E-state index contributed by atoms with van der Waals surface area (Å²) in [5, 5.41) is 4.08. The Hall–Kier alpha value is -2.30. The number of aromatic nitrogens is 2. The van der Waals surface area contributed by atoms with Gasteiger partial charge < -0.3 is 10.5 Å². The number of hydrogen-bond acceptors (Lipinski definition) is 4. The van der Waals surface area contributed by atoms with Crippen molar-refractivity contribution in [1.29, 1.82) is 0 Å². The normalized spacial score (nSPS) is 10.7. The molecule has 2 aromatic rings. The number of carbonyl (C=O) groups excluding carboxylic acids is 1. The van der Waals surface area contributed by atoms with Gasteiger partial charge in [0.05, 0.1) is 0 Å². The van der Waals surface area contributed by atoms with E-state index in [1.807, 2.05) is 32.9 Å². The van der Waals surface area contributed by atoms with E-state index in [4.69, 9.17) is 10.5 Å². The van der Waals surface area contributed by atoms with Crippen molar-refractivity contribution in [2.75, 3.05) is 5.73 Å². The summed E-state index contributed by atoms with van der Waals surface area (Å²) in [5.41, 5.74) is 7.02. The Morgan fingerprint density at radius 1 is 1.37 bits per heavy atom. The van der Waals surface area contributed by atoms with Crippen molar-refractivity contribution in [2.45, 2.75) is 26.8 Å². The van der Waals surface area contributed by atoms with Gasteiger partial charge in [-0.05, 0) is 38.5 Å². The highest BCUT2D eigenvalue weighted by Crippen LogP contribution is 2.17. The number of benzene rings is 1. The molecule has 0 aliphatic rings. The molecule has 0 amide bonds. The second-order valence-corrected chi connectivity index (χ2v) is 4.70. The molecular formula is C14H17N3O2. The van der Waals surface area contributed by atoms with Gasteiger partial charge in [-0.25, -0.2) is 4.79 Å². The molecule has 100 valence electrons. The molecule has 0 fully saturated rings. The molecule has 1 aromatic carbocycles. The van der Waals surface area contributed by atoms with Crippen molar-refractivity contribution in [1.82, 2.24) is 9.78 Å². The molecule has 0 aliphatic heterocycles. The SMILES string of the molecule is Cc1cccc(OC(=O)c2cc(N)nn2C(C)C)c1. The van der Waals surface area contributed by atoms with Gasteiger partial charge in [0.15, 0.2) is 0 Å². The third kappa shape index (κ3) is 2.93. The molecule has 1 heterocycles. The molecule has 0 bridgehead atoms. The number of carbonyl (C=O) groups is 1. The van der Waals surface area contributed by atoms with E-state index in [1.165, 1.54) is 6.07 Å². The first kappa shape index (κ1) is 13.1. The monoisotopic (exact) mass is 259 g/mol. The maximum atomic E-state index is 12.1. The molecule has 2 N–H and O–H groups in total. The number of ether oxygens (including phenoxy) is 1. The van der Waals surface area contributed by atoms with Crippen LogP contribution in [0.5, 0.6) is 5.75 Å². The van der Waals surface area contributed by atoms with Gasteiger partial charge >= 0.3 is 5.97 Å². The topological polar surface area (TPSA) is 70.1 Å². The van der Waals surface area contributed by atoms with Crippen LogP contribution in [0.1, 0.15) is 35.9 Å². The Morgan fingerprint density at radius 2 is 2.11 bits per heavy atom. The van der Waals surface area contributed by atoms with E-state index in [0.717, 1.165) is 5.56 Å². The highest BCUT2D eigenvalue weighted by atomic mass is 16.5. The molecule has 0 atom stereocenters. The maximum Gasteiger partial charge on any atom is 0.362 e. The lowest BCUT2D eigenvalue weighted by Gasteiger charge is -2.10. The van der Waals surface area contributed by atoms with Crippen LogP contribution in [0, 0.1) is 6.92 Å². The second kappa shape index (κ2) is 5.14. The molecule has 0 saturated heterocycles. The van der Waals surface area contributed by atoms with Crippen molar-refractivity contribution >= 4 is 11.8 Å². The highest BCUT2D eigenvalue weighted by Gasteiger charge is 2.18. The van der Waals surface area contributed by atoms with Crippen LogP contribution in [-0.4, -0.2) is 15.7 Å². The van der Waals surface area contributed by atoms with Crippen LogP contribution in [0.25, 0.3) is 0 Å². The molecule has 1 aromatic heterocycles. The molecule has 0 unspecified atom stereocenters. The lowest BCUT2D eigenvalue weighted by molar-refractivity contribution is 0.0719. The average molecular weight is 259 g/mol. The highest BCUT2D eigenvalue weighted by molar-refractivity contribution is 5.90. The van der Waals surface area contributed by atoms with E-state index in [1.54, 1.807) is 16.8 Å². The molecule has 2 rings (SSSR count). The smallest absolute Gasteiger partial charge is 0.362 e. The summed E-state index contributed by atoms with van der Waals surface area (Å²) in [6, 6.07) is 8.89. The van der Waals surface area contributed by atoms with Crippen molar-refractivity contribution in [3.8, 4) is 5.75 Å². The van der Waals surface area contributed by atoms with Gasteiger partial charge in [-0.3, -0.25) is 4.68 Å². The number of nitrogen functional groups attached to an aromatic ring is 1. The summed E-state index contributed by atoms with van der Waals surface area (Å²) in [4.78, 5) is 12.1. The van der Waals surface area contributed by atoms with Crippen molar-refractivity contribution in [3.63, 3.8) is 0 Å². The minimum atomic E-state index is -0.455. The van der Waals surface area contributed by atoms with Gasteiger partial charge in [0.2, 0.25) is 0 Å². The largest absolute Gasteiger partial charge is 0.422 e. The van der Waals surface area contributed by atoms with Crippen LogP contribution in [0.15, 0.2) is 30.3 Å². The molecule has 5 heteroatoms. The Morgan fingerprint density at radius 3 is 2.74 bits per heavy atom. The van der Waals surface area contributed by atoms with Gasteiger partial charge in [0.1, 0.15) is 17.3 Å². The van der Waals surface area contributed by atoms with Crippen LogP contribution >= 0.6 is 0 Å².